The number of pyridine rings is 1. The van der Waals surface area contributed by atoms with Crippen molar-refractivity contribution in [2.24, 2.45) is 5.92 Å². The third-order valence-electron chi connectivity index (χ3n) is 3.76. The van der Waals surface area contributed by atoms with E-state index in [-0.39, 0.29) is 0 Å². The van der Waals surface area contributed by atoms with Gasteiger partial charge in [-0.15, -0.1) is 0 Å². The molecule has 2 heterocycles. The highest BCUT2D eigenvalue weighted by atomic mass is 15.2. The minimum absolute atomic E-state index is 0.780. The van der Waals surface area contributed by atoms with Gasteiger partial charge in [0.15, 0.2) is 0 Å². The highest BCUT2D eigenvalue weighted by Crippen LogP contribution is 2.21. The fourth-order valence-electron chi connectivity index (χ4n) is 2.67. The molecule has 0 aromatic carbocycles. The van der Waals surface area contributed by atoms with Crippen molar-refractivity contribution < 1.29 is 0 Å². The summed E-state index contributed by atoms with van der Waals surface area (Å²) in [4.78, 5) is 9.07. The van der Waals surface area contributed by atoms with Gasteiger partial charge in [0, 0.05) is 26.7 Å². The summed E-state index contributed by atoms with van der Waals surface area (Å²) >= 11 is 0. The SMILES string of the molecule is CCCNc1cncc(N(C)CC2CCN(C)C2)c1. The first-order chi connectivity index (χ1) is 9.19. The molecule has 0 bridgehead atoms. The molecule has 0 amide bonds. The Morgan fingerprint density at radius 3 is 3.00 bits per heavy atom. The van der Waals surface area contributed by atoms with Crippen LogP contribution in [0.2, 0.25) is 0 Å². The maximum atomic E-state index is 4.33. The van der Waals surface area contributed by atoms with Crippen LogP contribution in [0.3, 0.4) is 0 Å². The predicted octanol–water partition coefficient (Wildman–Crippen LogP) is 2.29. The lowest BCUT2D eigenvalue weighted by Crippen LogP contribution is -2.27. The van der Waals surface area contributed by atoms with Crippen molar-refractivity contribution in [3.05, 3.63) is 18.5 Å². The highest BCUT2D eigenvalue weighted by Gasteiger charge is 2.20. The van der Waals surface area contributed by atoms with E-state index in [0.717, 1.165) is 31.1 Å². The molecule has 106 valence electrons. The van der Waals surface area contributed by atoms with Crippen LogP contribution in [0.5, 0.6) is 0 Å². The van der Waals surface area contributed by atoms with Gasteiger partial charge in [-0.3, -0.25) is 4.98 Å². The lowest BCUT2D eigenvalue weighted by atomic mass is 10.1. The van der Waals surface area contributed by atoms with Crippen LogP contribution in [0.15, 0.2) is 18.5 Å². The van der Waals surface area contributed by atoms with Crippen LogP contribution >= 0.6 is 0 Å². The summed E-state index contributed by atoms with van der Waals surface area (Å²) in [6.07, 6.45) is 6.29. The van der Waals surface area contributed by atoms with Crippen LogP contribution < -0.4 is 10.2 Å². The van der Waals surface area contributed by atoms with E-state index < -0.39 is 0 Å². The van der Waals surface area contributed by atoms with Crippen LogP contribution in [0.4, 0.5) is 11.4 Å². The Morgan fingerprint density at radius 1 is 1.47 bits per heavy atom. The van der Waals surface area contributed by atoms with Crippen molar-refractivity contribution in [1.82, 2.24) is 9.88 Å². The first-order valence-electron chi connectivity index (χ1n) is 7.27. The Labute approximate surface area is 116 Å². The van der Waals surface area contributed by atoms with Gasteiger partial charge in [0.2, 0.25) is 0 Å². The second kappa shape index (κ2) is 6.75. The molecule has 1 atom stereocenters. The number of hydrogen-bond donors (Lipinski definition) is 1. The van der Waals surface area contributed by atoms with Gasteiger partial charge in [0.05, 0.1) is 23.8 Å². The van der Waals surface area contributed by atoms with Crippen molar-refractivity contribution in [3.63, 3.8) is 0 Å². The molecule has 1 aliphatic rings. The van der Waals surface area contributed by atoms with Crippen molar-refractivity contribution in [3.8, 4) is 0 Å². The van der Waals surface area contributed by atoms with Gasteiger partial charge >= 0.3 is 0 Å². The van der Waals surface area contributed by atoms with Crippen LogP contribution in [-0.4, -0.2) is 50.2 Å². The molecule has 1 aliphatic heterocycles. The molecule has 2 rings (SSSR count). The molecule has 4 heteroatoms. The van der Waals surface area contributed by atoms with E-state index in [4.69, 9.17) is 0 Å². The number of rotatable bonds is 6. The normalized spacial score (nSPS) is 19.6. The number of likely N-dealkylation sites (tertiary alicyclic amines) is 1. The fourth-order valence-corrected chi connectivity index (χ4v) is 2.67. The standard InChI is InChI=1S/C15H26N4/c1-4-6-17-14-8-15(10-16-9-14)19(3)12-13-5-7-18(2)11-13/h8-10,13,17H,4-7,11-12H2,1-3H3. The second-order valence-electron chi connectivity index (χ2n) is 5.66. The zero-order valence-electron chi connectivity index (χ0n) is 12.4. The first kappa shape index (κ1) is 14.1. The highest BCUT2D eigenvalue weighted by molar-refractivity contribution is 5.55. The molecule has 1 saturated heterocycles. The largest absolute Gasteiger partial charge is 0.384 e. The summed E-state index contributed by atoms with van der Waals surface area (Å²) in [5, 5.41) is 3.39. The molecule has 1 fully saturated rings. The van der Waals surface area contributed by atoms with Crippen molar-refractivity contribution in [2.75, 3.05) is 50.5 Å². The fraction of sp³-hybridized carbons (Fsp3) is 0.667. The quantitative estimate of drug-likeness (QED) is 0.852. The van der Waals surface area contributed by atoms with E-state index in [0.29, 0.717) is 0 Å². The van der Waals surface area contributed by atoms with Crippen LogP contribution in [0, 0.1) is 5.92 Å². The Balaban J connectivity index is 1.92. The molecule has 0 saturated carbocycles. The van der Waals surface area contributed by atoms with Crippen molar-refractivity contribution in [2.45, 2.75) is 19.8 Å². The number of anilines is 2. The molecule has 1 aromatic rings. The van der Waals surface area contributed by atoms with E-state index in [1.807, 2.05) is 12.4 Å². The maximum absolute atomic E-state index is 4.33. The van der Waals surface area contributed by atoms with E-state index in [2.05, 4.69) is 47.2 Å². The monoisotopic (exact) mass is 262 g/mol. The number of nitrogens with one attached hydrogen (secondary N) is 1. The van der Waals surface area contributed by atoms with Gasteiger partial charge in [0.1, 0.15) is 0 Å². The van der Waals surface area contributed by atoms with E-state index in [1.165, 1.54) is 25.2 Å². The summed E-state index contributed by atoms with van der Waals surface area (Å²) in [6.45, 7) is 6.74. The number of aromatic nitrogens is 1. The van der Waals surface area contributed by atoms with Crippen molar-refractivity contribution in [1.29, 1.82) is 0 Å². The predicted molar refractivity (Wildman–Crippen MR) is 81.9 cm³/mol. The molecular formula is C15H26N4. The lowest BCUT2D eigenvalue weighted by Gasteiger charge is -2.23. The van der Waals surface area contributed by atoms with Crippen molar-refractivity contribution >= 4 is 11.4 Å². The molecule has 4 nitrogen and oxygen atoms in total. The maximum Gasteiger partial charge on any atom is 0.0570 e. The minimum atomic E-state index is 0.780. The summed E-state index contributed by atoms with van der Waals surface area (Å²) in [5.74, 6) is 0.780. The molecule has 0 spiro atoms. The Hall–Kier alpha value is -1.29. The summed E-state index contributed by atoms with van der Waals surface area (Å²) in [6, 6.07) is 2.20. The van der Waals surface area contributed by atoms with Gasteiger partial charge in [-0.2, -0.15) is 0 Å². The topological polar surface area (TPSA) is 31.4 Å². The Kier molecular flexibility index (Phi) is 5.02. The molecule has 1 N–H and O–H groups in total. The summed E-state index contributed by atoms with van der Waals surface area (Å²) in [5.41, 5.74) is 2.32. The third-order valence-corrected chi connectivity index (χ3v) is 3.76. The van der Waals surface area contributed by atoms with Gasteiger partial charge in [-0.05, 0) is 38.4 Å². The van der Waals surface area contributed by atoms with E-state index in [1.54, 1.807) is 0 Å². The van der Waals surface area contributed by atoms with Crippen LogP contribution in [0.25, 0.3) is 0 Å². The first-order valence-corrected chi connectivity index (χ1v) is 7.27. The van der Waals surface area contributed by atoms with Crippen LogP contribution in [0.1, 0.15) is 19.8 Å². The number of nitrogens with zero attached hydrogens (tertiary/aromatic N) is 3. The van der Waals surface area contributed by atoms with Gasteiger partial charge < -0.3 is 15.1 Å². The number of hydrogen-bond acceptors (Lipinski definition) is 4. The van der Waals surface area contributed by atoms with Crippen LogP contribution in [-0.2, 0) is 0 Å². The average Bonchev–Trinajstić information content (AvgIpc) is 2.82. The minimum Gasteiger partial charge on any atom is -0.384 e. The Morgan fingerprint density at radius 2 is 2.32 bits per heavy atom. The smallest absolute Gasteiger partial charge is 0.0570 e. The van der Waals surface area contributed by atoms with Gasteiger partial charge in [-0.1, -0.05) is 6.92 Å². The molecule has 1 unspecified atom stereocenters. The molecule has 19 heavy (non-hydrogen) atoms. The second-order valence-corrected chi connectivity index (χ2v) is 5.66. The summed E-state index contributed by atoms with van der Waals surface area (Å²) in [7, 11) is 4.37. The zero-order chi connectivity index (χ0) is 13.7. The lowest BCUT2D eigenvalue weighted by molar-refractivity contribution is 0.396. The molecular weight excluding hydrogens is 236 g/mol. The zero-order valence-corrected chi connectivity index (χ0v) is 12.4. The van der Waals surface area contributed by atoms with E-state index >= 15 is 0 Å². The van der Waals surface area contributed by atoms with E-state index in [9.17, 15) is 0 Å². The molecule has 1 aromatic heterocycles. The third kappa shape index (κ3) is 4.10. The Bertz CT molecular complexity index is 393. The van der Waals surface area contributed by atoms with Gasteiger partial charge in [0.25, 0.3) is 0 Å². The molecule has 0 aliphatic carbocycles. The summed E-state index contributed by atoms with van der Waals surface area (Å²) < 4.78 is 0. The molecule has 0 radical (unpaired) electrons. The average molecular weight is 262 g/mol. The van der Waals surface area contributed by atoms with Gasteiger partial charge in [-0.25, -0.2) is 0 Å².